The maximum absolute atomic E-state index is 13.0. The molecule has 8 rings (SSSR count). The van der Waals surface area contributed by atoms with Gasteiger partial charge in [0.2, 0.25) is 23.6 Å². The predicted molar refractivity (Wildman–Crippen MR) is 311 cm³/mol. The zero-order chi connectivity index (χ0) is 74.5. The highest BCUT2D eigenvalue weighted by Gasteiger charge is 2.60. The van der Waals surface area contributed by atoms with Crippen LogP contribution in [0.5, 0.6) is 0 Å². The summed E-state index contributed by atoms with van der Waals surface area (Å²) in [5, 5.41) is 251. The Hall–Kier alpha value is -3.60. The van der Waals surface area contributed by atoms with Crippen LogP contribution in [-0.4, -0.2) is 434 Å². The normalized spacial score (nSPS) is 48.3. The van der Waals surface area contributed by atoms with Crippen LogP contribution < -0.4 is 21.3 Å². The molecule has 8 heterocycles. The van der Waals surface area contributed by atoms with Crippen molar-refractivity contribution in [1.82, 2.24) is 21.3 Å². The largest absolute Gasteiger partial charge is 0.394 e. The van der Waals surface area contributed by atoms with E-state index in [2.05, 4.69) is 21.3 Å². The Labute approximate surface area is 572 Å². The second kappa shape index (κ2) is 36.3. The lowest BCUT2D eigenvalue weighted by atomic mass is 9.93. The molecule has 0 aromatic carbocycles. The molecule has 8 fully saturated rings. The van der Waals surface area contributed by atoms with Crippen molar-refractivity contribution in [2.24, 2.45) is 0 Å². The minimum atomic E-state index is -2.45. The fourth-order valence-electron chi connectivity index (χ4n) is 13.0. The summed E-state index contributed by atoms with van der Waals surface area (Å²) in [5.41, 5.74) is 0. The molecule has 0 radical (unpaired) electrons. The Balaban J connectivity index is 1.09. The Bertz CT molecular complexity index is 2640. The van der Waals surface area contributed by atoms with E-state index in [1.165, 1.54) is 0 Å². The third-order valence-electron chi connectivity index (χ3n) is 18.2. The van der Waals surface area contributed by atoms with Gasteiger partial charge in [-0.25, -0.2) is 0 Å². The summed E-state index contributed by atoms with van der Waals surface area (Å²) < 4.78 is 87.7. The van der Waals surface area contributed by atoms with E-state index in [-0.39, 0.29) is 0 Å². The molecule has 101 heavy (non-hydrogen) atoms. The third kappa shape index (κ3) is 18.5. The predicted octanol–water partition coefficient (Wildman–Crippen LogP) is -17.9. The quantitative estimate of drug-likeness (QED) is 0.0382. The van der Waals surface area contributed by atoms with Crippen LogP contribution in [0.4, 0.5) is 0 Å². The average molecular weight is 1480 g/mol. The Morgan fingerprint density at radius 1 is 0.257 bits per heavy atom. The fraction of sp³-hybridized carbons (Fsp3) is 0.929. The Morgan fingerprint density at radius 3 is 0.842 bits per heavy atom. The van der Waals surface area contributed by atoms with Crippen LogP contribution in [0.25, 0.3) is 0 Å². The van der Waals surface area contributed by atoms with E-state index >= 15 is 0 Å². The van der Waals surface area contributed by atoms with Crippen molar-refractivity contribution in [2.45, 2.75) is 273 Å². The lowest BCUT2D eigenvalue weighted by molar-refractivity contribution is -0.388. The van der Waals surface area contributed by atoms with Gasteiger partial charge in [0.05, 0.1) is 52.9 Å². The van der Waals surface area contributed by atoms with Gasteiger partial charge < -0.3 is 205 Å². The molecule has 40 atom stereocenters. The minimum Gasteiger partial charge on any atom is -0.394 e. The van der Waals surface area contributed by atoms with Crippen LogP contribution in [0.1, 0.15) is 27.7 Å². The molecule has 8 aliphatic rings. The topological polar surface area (TPSA) is 700 Å². The summed E-state index contributed by atoms with van der Waals surface area (Å²) in [5.74, 6) is -3.52. The zero-order valence-electron chi connectivity index (χ0n) is 54.3. The number of hydrogen-bond acceptors (Lipinski definition) is 41. The number of ether oxygens (including phenoxy) is 15. The Morgan fingerprint density at radius 2 is 0.505 bits per heavy atom. The summed E-state index contributed by atoms with van der Waals surface area (Å²) in [4.78, 5) is 50.7. The van der Waals surface area contributed by atoms with Crippen molar-refractivity contribution in [2.75, 3.05) is 52.9 Å². The number of hydrogen-bond donors (Lipinski definition) is 26. The fourth-order valence-corrected chi connectivity index (χ4v) is 13.0. The van der Waals surface area contributed by atoms with Gasteiger partial charge in [0.25, 0.3) is 0 Å². The molecule has 45 nitrogen and oxygen atoms in total. The molecule has 0 saturated carbocycles. The van der Waals surface area contributed by atoms with Crippen LogP contribution >= 0.6 is 0 Å². The summed E-state index contributed by atoms with van der Waals surface area (Å²) in [7, 11) is 0. The van der Waals surface area contributed by atoms with Crippen LogP contribution in [0, 0.1) is 0 Å². The molecule has 0 spiro atoms. The van der Waals surface area contributed by atoms with Crippen LogP contribution in [0.2, 0.25) is 0 Å². The molecule has 1 unspecified atom stereocenters. The first-order chi connectivity index (χ1) is 47.8. The van der Waals surface area contributed by atoms with Gasteiger partial charge in [-0.05, 0) is 0 Å². The Kier molecular flexibility index (Phi) is 29.9. The molecule has 26 N–H and O–H groups in total. The third-order valence-corrected chi connectivity index (χ3v) is 18.2. The van der Waals surface area contributed by atoms with E-state index in [0.717, 1.165) is 27.7 Å². The first-order valence-corrected chi connectivity index (χ1v) is 32.1. The van der Waals surface area contributed by atoms with Gasteiger partial charge in [-0.1, -0.05) is 0 Å². The molecule has 584 valence electrons. The van der Waals surface area contributed by atoms with Crippen LogP contribution in [-0.2, 0) is 90.2 Å². The van der Waals surface area contributed by atoms with Crippen molar-refractivity contribution < 1.29 is 203 Å². The van der Waals surface area contributed by atoms with Gasteiger partial charge in [-0.2, -0.15) is 0 Å². The maximum Gasteiger partial charge on any atom is 0.217 e. The van der Waals surface area contributed by atoms with E-state index in [1.54, 1.807) is 0 Å². The summed E-state index contributed by atoms with van der Waals surface area (Å²) in [6.45, 7) is -4.38. The SMILES string of the molecule is CC(=O)N[C@H]1[C@H](OC[C@H]2O[C@@H](O[C@H]3[C@H](O)[C@@H](NC(C)=O)[C@H](O[C@H]4[C@@H](O)[C@@H](CO)O[C@@H](O[C@H]5[C@H](O)[C@@H](NC(C)=O)C(O)O[C@@H]5CO)[C@@H]4O)O[C@@H]3CO)[C@H](O)[C@@H](O[C@@H]3O[C@H](CO)[C@@H](O[C@@H]4O[C@H](CO)[C@H](O)[C@H](O)[C@H]4O)[C@H](O)[C@H]3NC(C)=O)[C@H]2O)O[C@H](CO)[C@@H](O[C@@H]2O[C@H](CO)[C@H](O)[C@H](O)[C@H]2O)[C@@H]1O. The first kappa shape index (κ1) is 83.0. The van der Waals surface area contributed by atoms with Gasteiger partial charge in [0.1, 0.15) is 195 Å². The van der Waals surface area contributed by atoms with Crippen LogP contribution in [0.3, 0.4) is 0 Å². The van der Waals surface area contributed by atoms with E-state index in [9.17, 15) is 132 Å². The monoisotopic (exact) mass is 1480 g/mol. The molecular weight excluding hydrogens is 1380 g/mol. The molecule has 8 aliphatic heterocycles. The smallest absolute Gasteiger partial charge is 0.217 e. The lowest BCUT2D eigenvalue weighted by Gasteiger charge is -2.51. The zero-order valence-corrected chi connectivity index (χ0v) is 54.3. The molecule has 45 heteroatoms. The van der Waals surface area contributed by atoms with Crippen LogP contribution in [0.15, 0.2) is 0 Å². The number of carbonyl (C=O) groups is 4. The van der Waals surface area contributed by atoms with Crippen molar-refractivity contribution in [3.05, 3.63) is 0 Å². The molecule has 4 amide bonds. The second-order valence-electron chi connectivity index (χ2n) is 25.4. The van der Waals surface area contributed by atoms with E-state index in [4.69, 9.17) is 71.1 Å². The number of aliphatic hydroxyl groups excluding tert-OH is 22. The molecule has 0 aromatic heterocycles. The highest BCUT2D eigenvalue weighted by atomic mass is 16.8. The van der Waals surface area contributed by atoms with Crippen molar-refractivity contribution in [1.29, 1.82) is 0 Å². The number of carbonyl (C=O) groups excluding carboxylic acids is 4. The number of amides is 4. The average Bonchev–Trinajstić information content (AvgIpc) is 0.773. The molecule has 0 aromatic rings. The van der Waals surface area contributed by atoms with E-state index < -0.39 is 322 Å². The summed E-state index contributed by atoms with van der Waals surface area (Å²) in [6.07, 6.45) is -71.8. The van der Waals surface area contributed by atoms with Crippen molar-refractivity contribution in [3.63, 3.8) is 0 Å². The summed E-state index contributed by atoms with van der Waals surface area (Å²) >= 11 is 0. The first-order valence-electron chi connectivity index (χ1n) is 32.1. The maximum atomic E-state index is 13.0. The second-order valence-corrected chi connectivity index (χ2v) is 25.4. The lowest BCUT2D eigenvalue weighted by Crippen LogP contribution is -2.71. The molecule has 0 aliphatic carbocycles. The number of aliphatic hydroxyl groups is 22. The van der Waals surface area contributed by atoms with E-state index in [1.807, 2.05) is 0 Å². The van der Waals surface area contributed by atoms with Crippen molar-refractivity contribution in [3.8, 4) is 0 Å². The molecule has 0 bridgehead atoms. The van der Waals surface area contributed by atoms with Gasteiger partial charge in [0.15, 0.2) is 50.3 Å². The highest BCUT2D eigenvalue weighted by Crippen LogP contribution is 2.39. The molecular formula is C56H94N4O41. The molecule has 8 saturated heterocycles. The van der Waals surface area contributed by atoms with E-state index in [0.29, 0.717) is 0 Å². The highest BCUT2D eigenvalue weighted by molar-refractivity contribution is 5.74. The summed E-state index contributed by atoms with van der Waals surface area (Å²) in [6, 6.07) is -7.27. The van der Waals surface area contributed by atoms with Gasteiger partial charge >= 0.3 is 0 Å². The van der Waals surface area contributed by atoms with Crippen molar-refractivity contribution >= 4 is 23.6 Å². The number of rotatable bonds is 26. The minimum absolute atomic E-state index is 0.756. The van der Waals surface area contributed by atoms with Gasteiger partial charge in [0, 0.05) is 27.7 Å². The standard InChI is InChI=1S/C56H94N4O41/c1-13(68)57-25-33(76)43(20(8-64)88-49(25)86)98-55-41(84)47(31(74)19(7-63)91-55)100-51-28(60-16(4)71)36(79)46(23(11-67)94-51)99-56-42(85)48(101-52-27(59-15(3)70)35(78)45(22(10-66)93-52)97-54-40(83)38(81)30(73)18(6-62)90-54)32(75)24(95-56)12-87-50-26(58-14(2)69)34(77)44(21(9-65)92-50)96-53-39(82)37(80)29(72)17(5-61)89-53/h17-56,61-67,72-86H,5-12H2,1-4H3,(H,57,68)(H,58,69)(H,59,70)(H,60,71)/t17-,18-,19-,20-,21-,22-,23-,24-,25-,26-,27-,28-,29+,30+,31+,32+,33-,34-,35-,36-,37+,38+,39-,40-,41-,42-,43-,44-,45-,46-,47+,48+,49?,50-,51+,52+,53+,54+,55+,56+/m1/s1. The van der Waals surface area contributed by atoms with Gasteiger partial charge in [-0.3, -0.25) is 19.2 Å². The number of nitrogens with one attached hydrogen (secondary N) is 4. The van der Waals surface area contributed by atoms with Gasteiger partial charge in [-0.15, -0.1) is 0 Å².